The van der Waals surface area contributed by atoms with E-state index in [1.165, 1.54) is 10.8 Å². The van der Waals surface area contributed by atoms with Crippen LogP contribution in [0.3, 0.4) is 0 Å². The molecule has 0 radical (unpaired) electrons. The van der Waals surface area contributed by atoms with Gasteiger partial charge in [-0.25, -0.2) is 0 Å². The molecule has 200 valence electrons. The van der Waals surface area contributed by atoms with Crippen LogP contribution in [0.25, 0.3) is 87.6 Å². The molecule has 0 bridgehead atoms. The minimum Gasteiger partial charge on any atom is -0.456 e. The minimum absolute atomic E-state index is 0.153. The Bertz CT molecular complexity index is 2700. The molecule has 0 aliphatic heterocycles. The summed E-state index contributed by atoms with van der Waals surface area (Å²) in [5, 5.41) is 8.16. The summed E-state index contributed by atoms with van der Waals surface area (Å²) in [6.07, 6.45) is 0. The van der Waals surface area contributed by atoms with E-state index >= 15 is 0 Å². The number of hydrogen-bond acceptors (Lipinski definition) is 1. The summed E-state index contributed by atoms with van der Waals surface area (Å²) < 4.78 is 49.5. The predicted octanol–water partition coefficient (Wildman–Crippen LogP) is 12.0. The van der Waals surface area contributed by atoms with Crippen molar-refractivity contribution in [2.75, 3.05) is 0 Å². The van der Waals surface area contributed by atoms with E-state index in [1.807, 2.05) is 48.5 Å². The molecule has 0 saturated carbocycles. The molecule has 0 unspecified atom stereocenters. The van der Waals surface area contributed by atoms with Crippen molar-refractivity contribution in [3.05, 3.63) is 158 Å². The number of furan rings is 1. The van der Waals surface area contributed by atoms with Gasteiger partial charge in [-0.3, -0.25) is 0 Å². The first kappa shape index (κ1) is 19.5. The average Bonchev–Trinajstić information content (AvgIpc) is 3.50. The molecule has 9 aromatic rings. The van der Waals surface area contributed by atoms with Crippen molar-refractivity contribution in [2.45, 2.75) is 0 Å². The summed E-state index contributed by atoms with van der Waals surface area (Å²) in [7, 11) is 0. The Morgan fingerprint density at radius 3 is 1.72 bits per heavy atom. The molecule has 1 heterocycles. The number of hydrogen-bond donors (Lipinski definition) is 0. The Balaban J connectivity index is 1.45. The summed E-state index contributed by atoms with van der Waals surface area (Å²) in [4.78, 5) is 0. The van der Waals surface area contributed by atoms with E-state index in [0.29, 0.717) is 22.1 Å². The number of para-hydroxylation sites is 1. The molecule has 0 N–H and O–H groups in total. The number of rotatable bonds is 3. The smallest absolute Gasteiger partial charge is 0.136 e. The molecule has 8 aromatic carbocycles. The van der Waals surface area contributed by atoms with Gasteiger partial charge in [0, 0.05) is 10.8 Å². The van der Waals surface area contributed by atoms with Crippen molar-refractivity contribution in [2.24, 2.45) is 0 Å². The third-order valence-electron chi connectivity index (χ3n) is 8.53. The van der Waals surface area contributed by atoms with E-state index in [1.54, 1.807) is 0 Å². The van der Waals surface area contributed by atoms with Crippen LogP contribution in [0.1, 0.15) is 6.85 Å². The fourth-order valence-corrected chi connectivity index (χ4v) is 6.75. The summed E-state index contributed by atoms with van der Waals surface area (Å²) in [5.41, 5.74) is 6.07. The van der Waals surface area contributed by atoms with E-state index in [9.17, 15) is 0 Å². The fraction of sp³-hybridized carbons (Fsp3) is 0. The zero-order valence-electron chi connectivity index (χ0n) is 28.0. The van der Waals surface area contributed by atoms with Gasteiger partial charge < -0.3 is 4.42 Å². The molecule has 0 aliphatic carbocycles. The quantitative estimate of drug-likeness (QED) is 0.199. The third-order valence-corrected chi connectivity index (χ3v) is 8.53. The van der Waals surface area contributed by atoms with Crippen molar-refractivity contribution in [3.63, 3.8) is 0 Å². The van der Waals surface area contributed by atoms with E-state index in [-0.39, 0.29) is 29.7 Å². The van der Waals surface area contributed by atoms with Gasteiger partial charge in [0.25, 0.3) is 0 Å². The standard InChI is InChI=1S/C42H26O/c1-2-13-28(14-3-1)37-25-29(26-39-42(37)36-22-10-11-24-38(36)43-39)40-32-18-6-8-20-34(32)41(35-21-9-7-19-33(35)40)31-23-12-16-27-15-4-5-17-30(27)31/h1-26H/i1D,2D,3D,13D,14D. The van der Waals surface area contributed by atoms with Gasteiger partial charge in [-0.1, -0.05) is 139 Å². The molecule has 1 aromatic heterocycles. The predicted molar refractivity (Wildman–Crippen MR) is 183 cm³/mol. The Morgan fingerprint density at radius 2 is 1.00 bits per heavy atom. The monoisotopic (exact) mass is 551 g/mol. The lowest BCUT2D eigenvalue weighted by molar-refractivity contribution is 0.669. The van der Waals surface area contributed by atoms with Gasteiger partial charge in [-0.2, -0.15) is 0 Å². The van der Waals surface area contributed by atoms with Crippen LogP contribution in [0, 0.1) is 0 Å². The van der Waals surface area contributed by atoms with Crippen molar-refractivity contribution in [3.8, 4) is 33.4 Å². The van der Waals surface area contributed by atoms with Crippen LogP contribution in [0.2, 0.25) is 0 Å². The lowest BCUT2D eigenvalue weighted by Crippen LogP contribution is -1.92. The molecule has 0 spiro atoms. The van der Waals surface area contributed by atoms with Crippen molar-refractivity contribution in [1.82, 2.24) is 0 Å². The first-order chi connectivity index (χ1) is 23.4. The number of fused-ring (bicyclic) bond motifs is 6. The topological polar surface area (TPSA) is 13.1 Å². The van der Waals surface area contributed by atoms with Crippen LogP contribution in [-0.4, -0.2) is 0 Å². The van der Waals surface area contributed by atoms with Crippen molar-refractivity contribution < 1.29 is 11.3 Å². The van der Waals surface area contributed by atoms with Crippen LogP contribution < -0.4 is 0 Å². The Labute approximate surface area is 256 Å². The lowest BCUT2D eigenvalue weighted by Gasteiger charge is -2.19. The first-order valence-electron chi connectivity index (χ1n) is 16.9. The Hall–Kier alpha value is -5.66. The second-order valence-electron chi connectivity index (χ2n) is 10.9. The average molecular weight is 552 g/mol. The second-order valence-corrected chi connectivity index (χ2v) is 10.9. The van der Waals surface area contributed by atoms with Crippen LogP contribution in [0.15, 0.2) is 162 Å². The molecule has 0 atom stereocenters. The van der Waals surface area contributed by atoms with Gasteiger partial charge in [0.05, 0.1) is 6.85 Å². The molecule has 0 fully saturated rings. The Kier molecular flexibility index (Phi) is 4.27. The minimum atomic E-state index is -0.417. The third kappa shape index (κ3) is 3.65. The maximum Gasteiger partial charge on any atom is 0.136 e. The van der Waals surface area contributed by atoms with E-state index in [4.69, 9.17) is 11.3 Å². The molecule has 0 aliphatic rings. The SMILES string of the molecule is [2H]c1c([2H])c([2H])c(-c2cc(-c3c4ccccc4c(-c4cccc5ccccc45)c4ccccc34)cc3oc4ccccc4c23)c([2H])c1[2H]. The van der Waals surface area contributed by atoms with Crippen LogP contribution >= 0.6 is 0 Å². The fourth-order valence-electron chi connectivity index (χ4n) is 6.75. The van der Waals surface area contributed by atoms with Crippen LogP contribution in [0.4, 0.5) is 0 Å². The maximum atomic E-state index is 8.93. The summed E-state index contributed by atoms with van der Waals surface area (Å²) in [5.74, 6) is 0. The molecular formula is C42H26O. The molecule has 1 heteroatoms. The molecule has 0 amide bonds. The zero-order valence-corrected chi connectivity index (χ0v) is 23.0. The highest BCUT2D eigenvalue weighted by atomic mass is 16.3. The van der Waals surface area contributed by atoms with E-state index in [0.717, 1.165) is 49.2 Å². The molecular weight excluding hydrogens is 520 g/mol. The van der Waals surface area contributed by atoms with E-state index in [2.05, 4.69) is 78.9 Å². The molecule has 43 heavy (non-hydrogen) atoms. The van der Waals surface area contributed by atoms with E-state index < -0.39 is 6.04 Å². The Morgan fingerprint density at radius 1 is 0.419 bits per heavy atom. The van der Waals surface area contributed by atoms with Gasteiger partial charge in [0.1, 0.15) is 11.2 Å². The van der Waals surface area contributed by atoms with Crippen LogP contribution in [-0.2, 0) is 0 Å². The van der Waals surface area contributed by atoms with Gasteiger partial charge in [-0.15, -0.1) is 0 Å². The maximum absolute atomic E-state index is 8.93. The van der Waals surface area contributed by atoms with Crippen molar-refractivity contribution >= 4 is 54.3 Å². The summed E-state index contributed by atoms with van der Waals surface area (Å²) in [6.45, 7) is 0. The van der Waals surface area contributed by atoms with Gasteiger partial charge in [0.2, 0.25) is 0 Å². The highest BCUT2D eigenvalue weighted by Crippen LogP contribution is 2.47. The van der Waals surface area contributed by atoms with Crippen LogP contribution in [0.5, 0.6) is 0 Å². The normalized spacial score (nSPS) is 13.3. The van der Waals surface area contributed by atoms with Gasteiger partial charge in [0.15, 0.2) is 0 Å². The highest BCUT2D eigenvalue weighted by Gasteiger charge is 2.20. The van der Waals surface area contributed by atoms with Gasteiger partial charge >= 0.3 is 0 Å². The number of benzene rings is 8. The second kappa shape index (κ2) is 9.44. The lowest BCUT2D eigenvalue weighted by atomic mass is 9.84. The first-order valence-corrected chi connectivity index (χ1v) is 14.4. The molecule has 9 rings (SSSR count). The summed E-state index contributed by atoms with van der Waals surface area (Å²) >= 11 is 0. The van der Waals surface area contributed by atoms with Gasteiger partial charge in [-0.05, 0) is 83.9 Å². The van der Waals surface area contributed by atoms with Crippen molar-refractivity contribution in [1.29, 1.82) is 0 Å². The highest BCUT2D eigenvalue weighted by molar-refractivity contribution is 6.24. The largest absolute Gasteiger partial charge is 0.456 e. The molecule has 1 nitrogen and oxygen atoms in total. The molecule has 0 saturated heterocycles. The summed E-state index contributed by atoms with van der Waals surface area (Å²) in [6, 6.07) is 41.7. The zero-order chi connectivity index (χ0) is 32.7.